The van der Waals surface area contributed by atoms with Crippen LogP contribution in [0.25, 0.3) is 5.69 Å². The van der Waals surface area contributed by atoms with Gasteiger partial charge in [0.2, 0.25) is 0 Å². The Kier molecular flexibility index (Phi) is 4.01. The summed E-state index contributed by atoms with van der Waals surface area (Å²) in [6.45, 7) is 0. The van der Waals surface area contributed by atoms with E-state index in [9.17, 15) is 9.18 Å². The van der Waals surface area contributed by atoms with Gasteiger partial charge in [0.05, 0.1) is 16.4 Å². The third-order valence-electron chi connectivity index (χ3n) is 3.98. The Labute approximate surface area is 126 Å². The van der Waals surface area contributed by atoms with Crippen molar-refractivity contribution in [3.63, 3.8) is 0 Å². The maximum absolute atomic E-state index is 13.3. The topological polar surface area (TPSA) is 47.8 Å². The van der Waals surface area contributed by atoms with Crippen molar-refractivity contribution in [2.75, 3.05) is 0 Å². The van der Waals surface area contributed by atoms with Gasteiger partial charge in [-0.05, 0) is 31.0 Å². The Balaban J connectivity index is 2.07. The molecule has 0 amide bonds. The minimum Gasteiger partial charge on any atom is -0.296 e. The molecule has 21 heavy (non-hydrogen) atoms. The second kappa shape index (κ2) is 5.93. The highest BCUT2D eigenvalue weighted by atomic mass is 35.5. The van der Waals surface area contributed by atoms with Gasteiger partial charge in [-0.15, -0.1) is 5.10 Å². The van der Waals surface area contributed by atoms with Gasteiger partial charge in [0.25, 0.3) is 0 Å². The van der Waals surface area contributed by atoms with Crippen LogP contribution in [0.4, 0.5) is 4.39 Å². The number of rotatable bonds is 3. The largest absolute Gasteiger partial charge is 0.296 e. The molecule has 0 spiro atoms. The van der Waals surface area contributed by atoms with Crippen molar-refractivity contribution in [2.45, 2.75) is 38.0 Å². The number of hydrogen-bond acceptors (Lipinski definition) is 3. The first-order valence-electron chi connectivity index (χ1n) is 7.07. The highest BCUT2D eigenvalue weighted by Gasteiger charge is 2.25. The van der Waals surface area contributed by atoms with E-state index in [4.69, 9.17) is 11.6 Å². The van der Waals surface area contributed by atoms with Crippen molar-refractivity contribution in [3.8, 4) is 5.69 Å². The molecule has 1 aromatic carbocycles. The van der Waals surface area contributed by atoms with Gasteiger partial charge in [0.15, 0.2) is 6.29 Å². The highest BCUT2D eigenvalue weighted by Crippen LogP contribution is 2.34. The van der Waals surface area contributed by atoms with E-state index >= 15 is 0 Å². The van der Waals surface area contributed by atoms with Crippen molar-refractivity contribution in [2.24, 2.45) is 0 Å². The van der Waals surface area contributed by atoms with Crippen molar-refractivity contribution < 1.29 is 9.18 Å². The van der Waals surface area contributed by atoms with Crippen LogP contribution in [0.1, 0.15) is 54.2 Å². The fraction of sp³-hybridized carbons (Fsp3) is 0.400. The quantitative estimate of drug-likeness (QED) is 0.807. The van der Waals surface area contributed by atoms with E-state index in [2.05, 4.69) is 10.3 Å². The van der Waals surface area contributed by atoms with Crippen molar-refractivity contribution in [1.29, 1.82) is 0 Å². The molecule has 1 saturated carbocycles. The van der Waals surface area contributed by atoms with E-state index < -0.39 is 5.82 Å². The molecule has 1 fully saturated rings. The number of carbonyl (C=O) groups is 1. The summed E-state index contributed by atoms with van der Waals surface area (Å²) < 4.78 is 14.9. The Morgan fingerprint density at radius 1 is 1.29 bits per heavy atom. The number of aromatic nitrogens is 3. The summed E-state index contributed by atoms with van der Waals surface area (Å²) >= 11 is 5.84. The van der Waals surface area contributed by atoms with Crippen LogP contribution in [-0.4, -0.2) is 21.3 Å². The van der Waals surface area contributed by atoms with E-state index in [0.29, 0.717) is 11.4 Å². The molecular formula is C15H15ClFN3O. The monoisotopic (exact) mass is 307 g/mol. The summed E-state index contributed by atoms with van der Waals surface area (Å²) in [5.41, 5.74) is 1.80. The number of benzene rings is 1. The van der Waals surface area contributed by atoms with Crippen LogP contribution in [-0.2, 0) is 0 Å². The van der Waals surface area contributed by atoms with Crippen LogP contribution in [0, 0.1) is 5.82 Å². The summed E-state index contributed by atoms with van der Waals surface area (Å²) in [5, 5.41) is 8.04. The third kappa shape index (κ3) is 2.70. The fourth-order valence-corrected chi connectivity index (χ4v) is 3.13. The molecule has 0 N–H and O–H groups in total. The predicted octanol–water partition coefficient (Wildman–Crippen LogP) is 3.92. The van der Waals surface area contributed by atoms with Gasteiger partial charge in [-0.25, -0.2) is 9.07 Å². The van der Waals surface area contributed by atoms with Gasteiger partial charge in [0, 0.05) is 5.92 Å². The molecule has 3 rings (SSSR count). The maximum Gasteiger partial charge on any atom is 0.172 e. The van der Waals surface area contributed by atoms with E-state index in [1.54, 1.807) is 10.7 Å². The number of hydrogen-bond donors (Lipinski definition) is 0. The first-order valence-corrected chi connectivity index (χ1v) is 7.44. The molecule has 1 heterocycles. The highest BCUT2D eigenvalue weighted by molar-refractivity contribution is 6.30. The molecule has 2 aromatic rings. The molecule has 0 aliphatic heterocycles. The Morgan fingerprint density at radius 2 is 2.05 bits per heavy atom. The lowest BCUT2D eigenvalue weighted by atomic mass is 9.86. The molecule has 1 aliphatic rings. The molecule has 0 unspecified atom stereocenters. The minimum atomic E-state index is -0.477. The van der Waals surface area contributed by atoms with Crippen molar-refractivity contribution in [3.05, 3.63) is 40.4 Å². The van der Waals surface area contributed by atoms with Gasteiger partial charge in [-0.1, -0.05) is 36.1 Å². The van der Waals surface area contributed by atoms with Crippen molar-refractivity contribution >= 4 is 17.9 Å². The third-order valence-corrected chi connectivity index (χ3v) is 4.27. The normalized spacial score (nSPS) is 16.1. The first-order chi connectivity index (χ1) is 10.2. The molecular weight excluding hydrogens is 293 g/mol. The zero-order valence-corrected chi connectivity index (χ0v) is 12.2. The smallest absolute Gasteiger partial charge is 0.172 e. The first kappa shape index (κ1) is 14.2. The van der Waals surface area contributed by atoms with Crippen LogP contribution in [0.15, 0.2) is 18.2 Å². The fourth-order valence-electron chi connectivity index (χ4n) is 2.95. The molecule has 1 aliphatic carbocycles. The van der Waals surface area contributed by atoms with E-state index in [1.807, 2.05) is 0 Å². The van der Waals surface area contributed by atoms with E-state index in [0.717, 1.165) is 37.7 Å². The number of halogens is 2. The number of aldehydes is 1. The summed E-state index contributed by atoms with van der Waals surface area (Å²) in [6, 6.07) is 4.40. The second-order valence-corrected chi connectivity index (χ2v) is 5.73. The molecule has 0 radical (unpaired) electrons. The van der Waals surface area contributed by atoms with Crippen LogP contribution >= 0.6 is 11.6 Å². The zero-order chi connectivity index (χ0) is 14.8. The zero-order valence-electron chi connectivity index (χ0n) is 11.4. The number of carbonyl (C=O) groups excluding carboxylic acids is 1. The van der Waals surface area contributed by atoms with Gasteiger partial charge in [0.1, 0.15) is 11.5 Å². The van der Waals surface area contributed by atoms with Gasteiger partial charge in [-0.2, -0.15) is 0 Å². The number of nitrogens with zero attached hydrogens (tertiary/aromatic N) is 3. The molecule has 6 heteroatoms. The van der Waals surface area contributed by atoms with Crippen molar-refractivity contribution in [1.82, 2.24) is 15.0 Å². The van der Waals surface area contributed by atoms with Crippen LogP contribution in [0.5, 0.6) is 0 Å². The predicted molar refractivity (Wildman–Crippen MR) is 77.5 cm³/mol. The molecule has 4 nitrogen and oxygen atoms in total. The summed E-state index contributed by atoms with van der Waals surface area (Å²) in [6.07, 6.45) is 6.26. The van der Waals surface area contributed by atoms with Gasteiger partial charge >= 0.3 is 0 Å². The lowest BCUT2D eigenvalue weighted by Gasteiger charge is -2.22. The van der Waals surface area contributed by atoms with E-state index in [-0.39, 0.29) is 10.9 Å². The SMILES string of the molecule is O=Cc1nnn(-c2ccc(F)c(Cl)c2)c1C1CCCCC1. The molecule has 0 saturated heterocycles. The summed E-state index contributed by atoms with van der Waals surface area (Å²) in [7, 11) is 0. The van der Waals surface area contributed by atoms with E-state index in [1.165, 1.54) is 18.6 Å². The standard InChI is InChI=1S/C15H15ClFN3O/c16-12-8-11(6-7-13(12)17)20-15(14(9-21)18-19-20)10-4-2-1-3-5-10/h6-10H,1-5H2. The lowest BCUT2D eigenvalue weighted by molar-refractivity contribution is 0.111. The minimum absolute atomic E-state index is 0.0326. The average Bonchev–Trinajstić information content (AvgIpc) is 2.95. The maximum atomic E-state index is 13.3. The van der Waals surface area contributed by atoms with Crippen LogP contribution < -0.4 is 0 Å². The molecule has 110 valence electrons. The Bertz CT molecular complexity index is 665. The lowest BCUT2D eigenvalue weighted by Crippen LogP contribution is -2.12. The molecule has 0 atom stereocenters. The molecule has 0 bridgehead atoms. The van der Waals surface area contributed by atoms with Crippen LogP contribution in [0.3, 0.4) is 0 Å². The summed E-state index contributed by atoms with van der Waals surface area (Å²) in [4.78, 5) is 11.2. The van der Waals surface area contributed by atoms with Gasteiger partial charge < -0.3 is 0 Å². The Hall–Kier alpha value is -1.75. The Morgan fingerprint density at radius 3 is 2.71 bits per heavy atom. The van der Waals surface area contributed by atoms with Gasteiger partial charge in [-0.3, -0.25) is 4.79 Å². The van der Waals surface area contributed by atoms with Crippen LogP contribution in [0.2, 0.25) is 5.02 Å². The second-order valence-electron chi connectivity index (χ2n) is 5.32. The average molecular weight is 308 g/mol. The molecule has 1 aromatic heterocycles. The summed E-state index contributed by atoms with van der Waals surface area (Å²) in [5.74, 6) is -0.215.